The van der Waals surface area contributed by atoms with E-state index in [4.69, 9.17) is 9.84 Å². The first-order chi connectivity index (χ1) is 11.1. The molecular weight excluding hydrogens is 292 g/mol. The van der Waals surface area contributed by atoms with E-state index in [1.807, 2.05) is 49.4 Å². The summed E-state index contributed by atoms with van der Waals surface area (Å²) in [5.41, 5.74) is 2.69. The molecule has 0 aliphatic heterocycles. The van der Waals surface area contributed by atoms with Crippen LogP contribution in [0, 0.1) is 6.92 Å². The van der Waals surface area contributed by atoms with Crippen LogP contribution in [0.3, 0.4) is 0 Å². The van der Waals surface area contributed by atoms with Crippen LogP contribution in [-0.2, 0) is 6.61 Å². The molecule has 2 rings (SSSR count). The second-order valence-corrected chi connectivity index (χ2v) is 5.46. The number of anilines is 1. The summed E-state index contributed by atoms with van der Waals surface area (Å²) in [5, 5.41) is 14.4. The predicted molar refractivity (Wildman–Crippen MR) is 90.7 cm³/mol. The Balaban J connectivity index is 2.06. The van der Waals surface area contributed by atoms with Crippen molar-refractivity contribution in [2.24, 2.45) is 0 Å². The maximum absolute atomic E-state index is 11.9. The number of rotatable bonds is 6. The Kier molecular flexibility index (Phi) is 6.00. The normalized spacial score (nSPS) is 11.6. The molecule has 0 saturated heterocycles. The van der Waals surface area contributed by atoms with Crippen molar-refractivity contribution in [3.8, 4) is 5.75 Å². The molecule has 0 aromatic heterocycles. The van der Waals surface area contributed by atoms with Crippen LogP contribution in [0.25, 0.3) is 0 Å². The van der Waals surface area contributed by atoms with Crippen molar-refractivity contribution in [1.29, 1.82) is 0 Å². The number of amides is 2. The number of nitrogens with one attached hydrogen (secondary N) is 2. The van der Waals surface area contributed by atoms with Gasteiger partial charge in [0.05, 0.1) is 18.3 Å². The summed E-state index contributed by atoms with van der Waals surface area (Å²) in [6.45, 7) is 4.00. The predicted octanol–water partition coefficient (Wildman–Crippen LogP) is 3.08. The van der Waals surface area contributed by atoms with E-state index in [9.17, 15) is 4.79 Å². The van der Waals surface area contributed by atoms with Gasteiger partial charge in [-0.25, -0.2) is 4.79 Å². The molecule has 2 amide bonds. The molecule has 2 aromatic carbocycles. The largest absolute Gasteiger partial charge is 0.487 e. The lowest BCUT2D eigenvalue weighted by molar-refractivity contribution is 0.229. The average molecular weight is 314 g/mol. The van der Waals surface area contributed by atoms with Crippen LogP contribution in [0.2, 0.25) is 0 Å². The zero-order valence-electron chi connectivity index (χ0n) is 13.4. The highest BCUT2D eigenvalue weighted by Gasteiger charge is 2.10. The Bertz CT molecular complexity index is 644. The number of hydrogen-bond acceptors (Lipinski definition) is 3. The fraction of sp³-hybridized carbons (Fsp3) is 0.278. The number of aliphatic hydroxyl groups excluding tert-OH is 1. The van der Waals surface area contributed by atoms with Gasteiger partial charge in [-0.1, -0.05) is 36.4 Å². The van der Waals surface area contributed by atoms with Gasteiger partial charge in [0.2, 0.25) is 0 Å². The Hall–Kier alpha value is -2.53. The van der Waals surface area contributed by atoms with Crippen LogP contribution in [-0.4, -0.2) is 23.8 Å². The molecule has 5 heteroatoms. The Morgan fingerprint density at radius 3 is 2.65 bits per heavy atom. The average Bonchev–Trinajstić information content (AvgIpc) is 2.55. The number of carbonyl (C=O) groups is 1. The van der Waals surface area contributed by atoms with Crippen molar-refractivity contribution in [3.05, 3.63) is 59.7 Å². The maximum Gasteiger partial charge on any atom is 0.319 e. The molecular formula is C18H22N2O3. The van der Waals surface area contributed by atoms with Crippen molar-refractivity contribution < 1.29 is 14.6 Å². The summed E-state index contributed by atoms with van der Waals surface area (Å²) in [7, 11) is 0. The zero-order chi connectivity index (χ0) is 16.7. The van der Waals surface area contributed by atoms with Gasteiger partial charge < -0.3 is 20.5 Å². The molecule has 0 saturated carbocycles. The van der Waals surface area contributed by atoms with Crippen LogP contribution in [0.5, 0.6) is 5.75 Å². The van der Waals surface area contributed by atoms with Crippen molar-refractivity contribution >= 4 is 11.7 Å². The molecule has 0 aliphatic carbocycles. The minimum Gasteiger partial charge on any atom is -0.487 e. The molecule has 23 heavy (non-hydrogen) atoms. The number of benzene rings is 2. The number of carbonyl (C=O) groups excluding carboxylic acids is 1. The van der Waals surface area contributed by atoms with Crippen LogP contribution < -0.4 is 15.4 Å². The number of aliphatic hydroxyl groups is 1. The lowest BCUT2D eigenvalue weighted by Crippen LogP contribution is -2.38. The summed E-state index contributed by atoms with van der Waals surface area (Å²) in [6.07, 6.45) is 0. The summed E-state index contributed by atoms with van der Waals surface area (Å²) >= 11 is 0. The Morgan fingerprint density at radius 2 is 1.96 bits per heavy atom. The standard InChI is InChI=1S/C18H22N2O3/c1-13-8-9-16(20-18(22)19-14(2)11-21)17(10-13)23-12-15-6-4-3-5-7-15/h3-10,14,21H,11-12H2,1-2H3,(H2,19,20,22). The number of urea groups is 1. The van der Waals surface area contributed by atoms with Gasteiger partial charge in [0, 0.05) is 0 Å². The van der Waals surface area contributed by atoms with Crippen molar-refractivity contribution in [2.75, 3.05) is 11.9 Å². The first kappa shape index (κ1) is 16.8. The molecule has 0 heterocycles. The van der Waals surface area contributed by atoms with E-state index in [0.29, 0.717) is 18.0 Å². The number of hydrogen-bond donors (Lipinski definition) is 3. The van der Waals surface area contributed by atoms with E-state index in [2.05, 4.69) is 10.6 Å². The highest BCUT2D eigenvalue weighted by atomic mass is 16.5. The number of ether oxygens (including phenoxy) is 1. The van der Waals surface area contributed by atoms with E-state index < -0.39 is 0 Å². The second-order valence-electron chi connectivity index (χ2n) is 5.46. The smallest absolute Gasteiger partial charge is 0.319 e. The molecule has 0 fully saturated rings. The summed E-state index contributed by atoms with van der Waals surface area (Å²) in [5.74, 6) is 0.612. The Labute approximate surface area is 136 Å². The van der Waals surface area contributed by atoms with Gasteiger partial charge in [-0.3, -0.25) is 0 Å². The molecule has 122 valence electrons. The van der Waals surface area contributed by atoms with Gasteiger partial charge >= 0.3 is 6.03 Å². The molecule has 5 nitrogen and oxygen atoms in total. The molecule has 1 unspecified atom stereocenters. The van der Waals surface area contributed by atoms with Crippen molar-refractivity contribution in [2.45, 2.75) is 26.5 Å². The summed E-state index contributed by atoms with van der Waals surface area (Å²) in [6, 6.07) is 14.7. The molecule has 0 spiro atoms. The summed E-state index contributed by atoms with van der Waals surface area (Å²) < 4.78 is 5.84. The van der Waals surface area contributed by atoms with E-state index in [1.54, 1.807) is 13.0 Å². The zero-order valence-corrected chi connectivity index (χ0v) is 13.4. The van der Waals surface area contributed by atoms with E-state index in [-0.39, 0.29) is 18.7 Å². The molecule has 3 N–H and O–H groups in total. The fourth-order valence-electron chi connectivity index (χ4n) is 2.02. The minimum atomic E-state index is -0.375. The monoisotopic (exact) mass is 314 g/mol. The Morgan fingerprint density at radius 1 is 1.22 bits per heavy atom. The first-order valence-corrected chi connectivity index (χ1v) is 7.54. The topological polar surface area (TPSA) is 70.6 Å². The van der Waals surface area contributed by atoms with Crippen LogP contribution in [0.1, 0.15) is 18.1 Å². The third-order valence-corrected chi connectivity index (χ3v) is 3.27. The third-order valence-electron chi connectivity index (χ3n) is 3.27. The molecule has 2 aromatic rings. The lowest BCUT2D eigenvalue weighted by Gasteiger charge is -2.16. The van der Waals surface area contributed by atoms with E-state index in [0.717, 1.165) is 11.1 Å². The van der Waals surface area contributed by atoms with Crippen LogP contribution in [0.15, 0.2) is 48.5 Å². The van der Waals surface area contributed by atoms with Gasteiger partial charge in [0.1, 0.15) is 12.4 Å². The lowest BCUT2D eigenvalue weighted by atomic mass is 10.2. The highest BCUT2D eigenvalue weighted by molar-refractivity contribution is 5.91. The van der Waals surface area contributed by atoms with E-state index >= 15 is 0 Å². The van der Waals surface area contributed by atoms with Gasteiger partial charge in [0.25, 0.3) is 0 Å². The van der Waals surface area contributed by atoms with Gasteiger partial charge in [-0.15, -0.1) is 0 Å². The minimum absolute atomic E-state index is 0.112. The van der Waals surface area contributed by atoms with Crippen LogP contribution >= 0.6 is 0 Å². The van der Waals surface area contributed by atoms with Crippen molar-refractivity contribution in [3.63, 3.8) is 0 Å². The summed E-state index contributed by atoms with van der Waals surface area (Å²) in [4.78, 5) is 11.9. The third kappa shape index (κ3) is 5.30. The van der Waals surface area contributed by atoms with Gasteiger partial charge in [-0.05, 0) is 37.1 Å². The molecule has 0 bridgehead atoms. The molecule has 0 radical (unpaired) electrons. The van der Waals surface area contributed by atoms with E-state index in [1.165, 1.54) is 0 Å². The van der Waals surface area contributed by atoms with Gasteiger partial charge in [-0.2, -0.15) is 0 Å². The quantitative estimate of drug-likeness (QED) is 0.767. The molecule has 1 atom stereocenters. The first-order valence-electron chi connectivity index (χ1n) is 7.54. The highest BCUT2D eigenvalue weighted by Crippen LogP contribution is 2.26. The fourth-order valence-corrected chi connectivity index (χ4v) is 2.02. The van der Waals surface area contributed by atoms with Crippen LogP contribution in [0.4, 0.5) is 10.5 Å². The SMILES string of the molecule is Cc1ccc(NC(=O)NC(C)CO)c(OCc2ccccc2)c1. The maximum atomic E-state index is 11.9. The van der Waals surface area contributed by atoms with Gasteiger partial charge in [0.15, 0.2) is 0 Å². The molecule has 0 aliphatic rings. The second kappa shape index (κ2) is 8.19. The number of aryl methyl sites for hydroxylation is 1. The van der Waals surface area contributed by atoms with Crippen molar-refractivity contribution in [1.82, 2.24) is 5.32 Å².